The van der Waals surface area contributed by atoms with Gasteiger partial charge >= 0.3 is 0 Å². The van der Waals surface area contributed by atoms with E-state index in [0.717, 1.165) is 51.5 Å². The van der Waals surface area contributed by atoms with Gasteiger partial charge in [-0.2, -0.15) is 0 Å². The van der Waals surface area contributed by atoms with Crippen LogP contribution in [0.4, 0.5) is 5.69 Å². The second kappa shape index (κ2) is 7.59. The summed E-state index contributed by atoms with van der Waals surface area (Å²) < 4.78 is 6.60. The fourth-order valence-electron chi connectivity index (χ4n) is 3.88. The molecule has 0 amide bonds. The summed E-state index contributed by atoms with van der Waals surface area (Å²) in [5, 5.41) is 10.4. The highest BCUT2D eigenvalue weighted by Gasteiger charge is 2.41. The summed E-state index contributed by atoms with van der Waals surface area (Å²) in [5.74, 6) is 1.24. The Morgan fingerprint density at radius 2 is 1.86 bits per heavy atom. The number of benzene rings is 2. The molecule has 0 fully saturated rings. The third-order valence-corrected chi connectivity index (χ3v) is 6.60. The molecule has 2 unspecified atom stereocenters. The van der Waals surface area contributed by atoms with Crippen molar-refractivity contribution in [2.24, 2.45) is 0 Å². The van der Waals surface area contributed by atoms with Gasteiger partial charge in [-0.15, -0.1) is 6.58 Å². The van der Waals surface area contributed by atoms with E-state index in [4.69, 9.17) is 17.0 Å². The van der Waals surface area contributed by atoms with Crippen LogP contribution in [0.15, 0.2) is 43.0 Å². The normalized spacial score (nSPS) is 19.3. The Morgan fingerprint density at radius 1 is 1.21 bits per heavy atom. The van der Waals surface area contributed by atoms with Crippen LogP contribution >= 0.6 is 12.2 Å². The van der Waals surface area contributed by atoms with E-state index in [1.54, 1.807) is 0 Å². The highest BCUT2D eigenvalue weighted by Crippen LogP contribution is 2.44. The SMILES string of the molecule is C=CC(C)N(C(=S)C1(C)CCc2c(C)c(O)c(C)c(C)c2O1)c1ccccc1. The molecule has 4 heteroatoms. The highest BCUT2D eigenvalue weighted by atomic mass is 32.1. The van der Waals surface area contributed by atoms with Crippen molar-refractivity contribution >= 4 is 22.9 Å². The van der Waals surface area contributed by atoms with Gasteiger partial charge in [-0.05, 0) is 76.3 Å². The minimum absolute atomic E-state index is 0.0427. The zero-order valence-electron chi connectivity index (χ0n) is 17.4. The van der Waals surface area contributed by atoms with Gasteiger partial charge in [0.25, 0.3) is 0 Å². The van der Waals surface area contributed by atoms with Crippen molar-refractivity contribution in [3.05, 3.63) is 65.2 Å². The summed E-state index contributed by atoms with van der Waals surface area (Å²) >= 11 is 6.00. The van der Waals surface area contributed by atoms with Crippen LogP contribution in [0.2, 0.25) is 0 Å². The topological polar surface area (TPSA) is 32.7 Å². The van der Waals surface area contributed by atoms with Crippen LogP contribution < -0.4 is 9.64 Å². The molecule has 2 aromatic carbocycles. The highest BCUT2D eigenvalue weighted by molar-refractivity contribution is 7.80. The van der Waals surface area contributed by atoms with Crippen molar-refractivity contribution < 1.29 is 9.84 Å². The van der Waals surface area contributed by atoms with Crippen LogP contribution in [0.5, 0.6) is 11.5 Å². The number of para-hydroxylation sites is 1. The van der Waals surface area contributed by atoms with E-state index in [0.29, 0.717) is 5.75 Å². The lowest BCUT2D eigenvalue weighted by Crippen LogP contribution is -2.54. The molecule has 0 radical (unpaired) electrons. The first kappa shape index (κ1) is 20.4. The van der Waals surface area contributed by atoms with Crippen LogP contribution in [0.1, 0.15) is 42.5 Å². The van der Waals surface area contributed by atoms with Crippen molar-refractivity contribution in [1.82, 2.24) is 0 Å². The Balaban J connectivity index is 2.04. The number of hydrogen-bond donors (Lipinski definition) is 1. The lowest BCUT2D eigenvalue weighted by Gasteiger charge is -2.43. The number of hydrogen-bond acceptors (Lipinski definition) is 3. The number of aromatic hydroxyl groups is 1. The van der Waals surface area contributed by atoms with E-state index in [1.807, 2.05) is 45.0 Å². The molecule has 148 valence electrons. The quantitative estimate of drug-likeness (QED) is 0.523. The summed E-state index contributed by atoms with van der Waals surface area (Å²) in [5.41, 5.74) is 4.26. The number of fused-ring (bicyclic) bond motifs is 1. The minimum Gasteiger partial charge on any atom is -0.507 e. The molecule has 1 N–H and O–H groups in total. The summed E-state index contributed by atoms with van der Waals surface area (Å²) in [6, 6.07) is 10.2. The van der Waals surface area contributed by atoms with Gasteiger partial charge in [-0.25, -0.2) is 0 Å². The molecule has 1 heterocycles. The van der Waals surface area contributed by atoms with Crippen molar-refractivity contribution in [3.8, 4) is 11.5 Å². The van der Waals surface area contributed by atoms with Gasteiger partial charge in [-0.1, -0.05) is 36.5 Å². The molecular formula is C24H29NO2S. The van der Waals surface area contributed by atoms with Crippen molar-refractivity contribution in [2.75, 3.05) is 4.90 Å². The number of thiocarbonyl (C=S) groups is 1. The molecule has 0 saturated heterocycles. The zero-order valence-corrected chi connectivity index (χ0v) is 18.2. The van der Waals surface area contributed by atoms with Gasteiger partial charge in [-0.3, -0.25) is 0 Å². The van der Waals surface area contributed by atoms with Crippen LogP contribution in [-0.2, 0) is 6.42 Å². The zero-order chi connectivity index (χ0) is 20.6. The summed E-state index contributed by atoms with van der Waals surface area (Å²) in [4.78, 5) is 2.88. The van der Waals surface area contributed by atoms with Gasteiger partial charge in [0.2, 0.25) is 0 Å². The smallest absolute Gasteiger partial charge is 0.157 e. The molecule has 1 aliphatic heterocycles. The number of phenols is 1. The van der Waals surface area contributed by atoms with E-state index in [-0.39, 0.29) is 6.04 Å². The monoisotopic (exact) mass is 395 g/mol. The number of rotatable bonds is 4. The Hall–Kier alpha value is -2.33. The maximum atomic E-state index is 10.4. The first-order valence-corrected chi connectivity index (χ1v) is 10.1. The Morgan fingerprint density at radius 3 is 2.46 bits per heavy atom. The minimum atomic E-state index is -0.615. The first-order chi connectivity index (χ1) is 13.2. The molecule has 3 nitrogen and oxygen atoms in total. The van der Waals surface area contributed by atoms with Crippen molar-refractivity contribution in [1.29, 1.82) is 0 Å². The Labute approximate surface area is 173 Å². The molecule has 28 heavy (non-hydrogen) atoms. The second-order valence-corrected chi connectivity index (χ2v) is 8.24. The fourth-order valence-corrected chi connectivity index (χ4v) is 4.30. The number of ether oxygens (including phenoxy) is 1. The molecule has 1 aliphatic rings. The predicted molar refractivity (Wildman–Crippen MR) is 121 cm³/mol. The molecule has 0 saturated carbocycles. The molecule has 0 spiro atoms. The largest absolute Gasteiger partial charge is 0.507 e. The summed E-state index contributed by atoms with van der Waals surface area (Å²) in [7, 11) is 0. The van der Waals surface area contributed by atoms with Gasteiger partial charge in [0.15, 0.2) is 5.60 Å². The number of anilines is 1. The van der Waals surface area contributed by atoms with E-state index in [9.17, 15) is 5.11 Å². The van der Waals surface area contributed by atoms with E-state index >= 15 is 0 Å². The lowest BCUT2D eigenvalue weighted by molar-refractivity contribution is 0.132. The van der Waals surface area contributed by atoms with Gasteiger partial charge < -0.3 is 14.7 Å². The summed E-state index contributed by atoms with van der Waals surface area (Å²) in [6.45, 7) is 14.0. The molecule has 0 aromatic heterocycles. The van der Waals surface area contributed by atoms with Gasteiger partial charge in [0.05, 0.1) is 0 Å². The molecule has 0 bridgehead atoms. The second-order valence-electron chi connectivity index (χ2n) is 7.85. The van der Waals surface area contributed by atoms with Gasteiger partial charge in [0, 0.05) is 17.3 Å². The number of nitrogens with zero attached hydrogens (tertiary/aromatic N) is 1. The molecular weight excluding hydrogens is 366 g/mol. The van der Waals surface area contributed by atoms with E-state index in [1.165, 1.54) is 0 Å². The molecule has 2 aromatic rings. The van der Waals surface area contributed by atoms with Crippen molar-refractivity contribution in [2.45, 2.75) is 59.1 Å². The maximum Gasteiger partial charge on any atom is 0.157 e. The van der Waals surface area contributed by atoms with Crippen molar-refractivity contribution in [3.63, 3.8) is 0 Å². The average molecular weight is 396 g/mol. The molecule has 0 aliphatic carbocycles. The van der Waals surface area contributed by atoms with Gasteiger partial charge in [0.1, 0.15) is 16.5 Å². The third kappa shape index (κ3) is 3.30. The first-order valence-electron chi connectivity index (χ1n) is 9.73. The third-order valence-electron chi connectivity index (χ3n) is 5.97. The average Bonchev–Trinajstić information content (AvgIpc) is 2.71. The van der Waals surface area contributed by atoms with E-state index in [2.05, 4.69) is 37.5 Å². The Kier molecular flexibility index (Phi) is 5.53. The predicted octanol–water partition coefficient (Wildman–Crippen LogP) is 5.81. The lowest BCUT2D eigenvalue weighted by atomic mass is 9.86. The summed E-state index contributed by atoms with van der Waals surface area (Å²) in [6.07, 6.45) is 3.48. The van der Waals surface area contributed by atoms with Crippen LogP contribution in [-0.4, -0.2) is 21.7 Å². The van der Waals surface area contributed by atoms with Crippen LogP contribution in [0.25, 0.3) is 0 Å². The van der Waals surface area contributed by atoms with Crippen LogP contribution in [0.3, 0.4) is 0 Å². The van der Waals surface area contributed by atoms with E-state index < -0.39 is 5.60 Å². The maximum absolute atomic E-state index is 10.4. The standard InChI is InChI=1S/C24H29NO2S/c1-7-15(2)25(19-11-9-8-10-12-19)23(28)24(6)14-13-20-18(5)21(26)16(3)17(4)22(20)27-24/h7-12,15,26H,1,13-14H2,2-6H3. The van der Waals surface area contributed by atoms with Crippen LogP contribution in [0, 0.1) is 20.8 Å². The Bertz CT molecular complexity index is 922. The fraction of sp³-hybridized carbons (Fsp3) is 0.375. The molecule has 3 rings (SSSR count). The molecule has 2 atom stereocenters. The number of phenolic OH excluding ortho intramolecular Hbond substituents is 1.